The quantitative estimate of drug-likeness (QED) is 0.425. The van der Waals surface area contributed by atoms with Gasteiger partial charge in [-0.25, -0.2) is 0 Å². The Balaban J connectivity index is 4.95. The molecule has 2 nitrogen and oxygen atoms in total. The molecule has 1 N–H and O–H groups in total. The van der Waals surface area contributed by atoms with Crippen molar-refractivity contribution in [3.63, 3.8) is 0 Å². The molecule has 0 fully saturated rings. The van der Waals surface area contributed by atoms with Crippen LogP contribution in [0, 0.1) is 0 Å². The van der Waals surface area contributed by atoms with Crippen molar-refractivity contribution in [2.75, 3.05) is 0 Å². The van der Waals surface area contributed by atoms with E-state index in [-0.39, 0.29) is 6.08 Å². The second-order valence-electron chi connectivity index (χ2n) is 2.21. The highest BCUT2D eigenvalue weighted by molar-refractivity contribution is 5.87. The Kier molecular flexibility index (Phi) is 3.02. The summed E-state index contributed by atoms with van der Waals surface area (Å²) in [7, 11) is 0. The SMILES string of the molecule is CC(=O)/C=C(\O)C(F)(F)C(F)(F)F. The third-order valence-corrected chi connectivity index (χ3v) is 1.02. The molecule has 0 saturated carbocycles. The third-order valence-electron chi connectivity index (χ3n) is 1.02. The number of hydrogen-bond donors (Lipinski definition) is 1. The summed E-state index contributed by atoms with van der Waals surface area (Å²) in [4.78, 5) is 10.1. The minimum absolute atomic E-state index is 0.173. The van der Waals surface area contributed by atoms with Crippen LogP contribution in [-0.2, 0) is 4.79 Å². The number of allylic oxidation sites excluding steroid dienone is 2. The molecule has 0 aromatic carbocycles. The molecule has 0 aliphatic rings. The van der Waals surface area contributed by atoms with Crippen LogP contribution in [-0.4, -0.2) is 23.0 Å². The largest absolute Gasteiger partial charge is 0.506 e. The number of rotatable bonds is 2. The smallest absolute Gasteiger partial charge is 0.461 e. The summed E-state index contributed by atoms with van der Waals surface area (Å²) in [5.41, 5.74) is 0. The standard InChI is InChI=1S/C6H5F5O2/c1-3(12)2-4(13)5(7,8)6(9,10)11/h2,13H,1H3/b4-2-. The van der Waals surface area contributed by atoms with E-state index in [9.17, 15) is 26.7 Å². The summed E-state index contributed by atoms with van der Waals surface area (Å²) < 4.78 is 58.6. The maximum absolute atomic E-state index is 12.1. The molecule has 0 aromatic rings. The van der Waals surface area contributed by atoms with E-state index in [2.05, 4.69) is 0 Å². The number of carbonyl (C=O) groups is 1. The van der Waals surface area contributed by atoms with Crippen molar-refractivity contribution in [1.29, 1.82) is 0 Å². The summed E-state index contributed by atoms with van der Waals surface area (Å²) in [5.74, 6) is -8.77. The molecule has 0 bridgehead atoms. The molecule has 0 aliphatic heterocycles. The first-order valence-electron chi connectivity index (χ1n) is 2.95. The summed E-state index contributed by atoms with van der Waals surface area (Å²) in [6, 6.07) is 0. The van der Waals surface area contributed by atoms with Crippen LogP contribution in [0.4, 0.5) is 22.0 Å². The van der Waals surface area contributed by atoms with Crippen LogP contribution < -0.4 is 0 Å². The molecular formula is C6H5F5O2. The van der Waals surface area contributed by atoms with E-state index in [1.165, 1.54) is 0 Å². The van der Waals surface area contributed by atoms with Gasteiger partial charge in [-0.15, -0.1) is 0 Å². The van der Waals surface area contributed by atoms with Crippen LogP contribution in [0.15, 0.2) is 11.8 Å². The highest BCUT2D eigenvalue weighted by Crippen LogP contribution is 2.39. The Morgan fingerprint density at radius 1 is 1.23 bits per heavy atom. The van der Waals surface area contributed by atoms with Gasteiger partial charge in [0.1, 0.15) is 0 Å². The van der Waals surface area contributed by atoms with Gasteiger partial charge in [0.25, 0.3) is 0 Å². The van der Waals surface area contributed by atoms with Crippen LogP contribution >= 0.6 is 0 Å². The molecule has 0 atom stereocenters. The van der Waals surface area contributed by atoms with E-state index in [0.29, 0.717) is 0 Å². The lowest BCUT2D eigenvalue weighted by atomic mass is 10.2. The van der Waals surface area contributed by atoms with Crippen LogP contribution in [0.25, 0.3) is 0 Å². The zero-order valence-electron chi connectivity index (χ0n) is 6.32. The lowest BCUT2D eigenvalue weighted by molar-refractivity contribution is -0.274. The fourth-order valence-electron chi connectivity index (χ4n) is 0.428. The van der Waals surface area contributed by atoms with Crippen molar-refractivity contribution in [2.45, 2.75) is 19.0 Å². The van der Waals surface area contributed by atoms with E-state index in [1.54, 1.807) is 0 Å². The number of halogens is 5. The maximum atomic E-state index is 12.1. The molecule has 0 radical (unpaired) electrons. The van der Waals surface area contributed by atoms with E-state index in [1.807, 2.05) is 0 Å². The Labute approximate surface area is 69.7 Å². The zero-order valence-corrected chi connectivity index (χ0v) is 6.32. The van der Waals surface area contributed by atoms with Crippen LogP contribution in [0.1, 0.15) is 6.92 Å². The van der Waals surface area contributed by atoms with E-state index in [0.717, 1.165) is 6.92 Å². The highest BCUT2D eigenvalue weighted by atomic mass is 19.4. The number of ketones is 1. The van der Waals surface area contributed by atoms with Gasteiger partial charge < -0.3 is 5.11 Å². The van der Waals surface area contributed by atoms with Gasteiger partial charge in [-0.05, 0) is 6.92 Å². The van der Waals surface area contributed by atoms with Crippen LogP contribution in [0.2, 0.25) is 0 Å². The number of aliphatic hydroxyl groups excluding tert-OH is 1. The molecule has 0 saturated heterocycles. The van der Waals surface area contributed by atoms with Crippen molar-refractivity contribution in [1.82, 2.24) is 0 Å². The monoisotopic (exact) mass is 204 g/mol. The number of carbonyl (C=O) groups excluding carboxylic acids is 1. The lowest BCUT2D eigenvalue weighted by Crippen LogP contribution is -2.38. The van der Waals surface area contributed by atoms with Crippen molar-refractivity contribution in [3.05, 3.63) is 11.8 Å². The average Bonchev–Trinajstić information content (AvgIpc) is 1.82. The number of alkyl halides is 5. The predicted molar refractivity (Wildman–Crippen MR) is 32.4 cm³/mol. The first-order valence-corrected chi connectivity index (χ1v) is 2.95. The van der Waals surface area contributed by atoms with E-state index in [4.69, 9.17) is 5.11 Å². The predicted octanol–water partition coefficient (Wildman–Crippen LogP) is 2.21. The third kappa shape index (κ3) is 2.67. The van der Waals surface area contributed by atoms with Gasteiger partial charge in [0.15, 0.2) is 11.5 Å². The average molecular weight is 204 g/mol. The van der Waals surface area contributed by atoms with Crippen molar-refractivity contribution in [3.8, 4) is 0 Å². The molecular weight excluding hydrogens is 199 g/mol. The first-order chi connectivity index (χ1) is 5.59. The van der Waals surface area contributed by atoms with Gasteiger partial charge in [0, 0.05) is 6.08 Å². The first kappa shape index (κ1) is 11.9. The summed E-state index contributed by atoms with van der Waals surface area (Å²) in [6.07, 6.45) is -6.07. The second kappa shape index (κ2) is 3.31. The molecule has 7 heteroatoms. The molecule has 0 unspecified atom stereocenters. The molecule has 0 heterocycles. The van der Waals surface area contributed by atoms with Gasteiger partial charge in [-0.2, -0.15) is 22.0 Å². The molecule has 0 amide bonds. The van der Waals surface area contributed by atoms with Gasteiger partial charge >= 0.3 is 12.1 Å². The fraction of sp³-hybridized carbons (Fsp3) is 0.500. The number of aliphatic hydroxyl groups is 1. The van der Waals surface area contributed by atoms with E-state index < -0.39 is 23.6 Å². The summed E-state index contributed by atoms with van der Waals surface area (Å²) in [6.45, 7) is 0.739. The zero-order chi connectivity index (χ0) is 10.9. The number of hydrogen-bond acceptors (Lipinski definition) is 2. The molecule has 76 valence electrons. The Hall–Kier alpha value is -1.14. The Bertz CT molecular complexity index is 240. The Morgan fingerprint density at radius 3 is 1.85 bits per heavy atom. The van der Waals surface area contributed by atoms with Crippen molar-refractivity contribution in [2.24, 2.45) is 0 Å². The minimum atomic E-state index is -5.90. The fourth-order valence-corrected chi connectivity index (χ4v) is 0.428. The van der Waals surface area contributed by atoms with Gasteiger partial charge in [0.2, 0.25) is 0 Å². The van der Waals surface area contributed by atoms with Gasteiger partial charge in [-0.1, -0.05) is 0 Å². The molecule has 13 heavy (non-hydrogen) atoms. The highest BCUT2D eigenvalue weighted by Gasteiger charge is 2.60. The molecule has 0 aromatic heterocycles. The second-order valence-corrected chi connectivity index (χ2v) is 2.21. The van der Waals surface area contributed by atoms with Gasteiger partial charge in [-0.3, -0.25) is 4.79 Å². The van der Waals surface area contributed by atoms with Gasteiger partial charge in [0.05, 0.1) is 0 Å². The lowest BCUT2D eigenvalue weighted by Gasteiger charge is -2.18. The minimum Gasteiger partial charge on any atom is -0.506 e. The van der Waals surface area contributed by atoms with Crippen molar-refractivity contribution < 1.29 is 31.9 Å². The normalized spacial score (nSPS) is 14.5. The summed E-state index contributed by atoms with van der Waals surface area (Å²) in [5, 5.41) is 8.25. The maximum Gasteiger partial charge on any atom is 0.461 e. The van der Waals surface area contributed by atoms with Crippen LogP contribution in [0.3, 0.4) is 0 Å². The molecule has 0 spiro atoms. The molecule has 0 rings (SSSR count). The van der Waals surface area contributed by atoms with Crippen molar-refractivity contribution >= 4 is 5.78 Å². The van der Waals surface area contributed by atoms with E-state index >= 15 is 0 Å². The topological polar surface area (TPSA) is 37.3 Å². The molecule has 0 aliphatic carbocycles. The van der Waals surface area contributed by atoms with Crippen LogP contribution in [0.5, 0.6) is 0 Å². The summed E-state index contributed by atoms with van der Waals surface area (Å²) >= 11 is 0. The Morgan fingerprint density at radius 2 is 1.62 bits per heavy atom.